The van der Waals surface area contributed by atoms with Crippen LogP contribution in [0.3, 0.4) is 0 Å². The number of nitrogens with zero attached hydrogens (tertiary/aromatic N) is 1. The van der Waals surface area contributed by atoms with Gasteiger partial charge in [0.25, 0.3) is 0 Å². The van der Waals surface area contributed by atoms with Crippen molar-refractivity contribution in [3.63, 3.8) is 0 Å². The van der Waals surface area contributed by atoms with Crippen LogP contribution >= 0.6 is 27.7 Å². The summed E-state index contributed by atoms with van der Waals surface area (Å²) < 4.78 is 0.939. The molecule has 1 aromatic carbocycles. The molecule has 0 aliphatic carbocycles. The van der Waals surface area contributed by atoms with Crippen LogP contribution in [0.5, 0.6) is 0 Å². The van der Waals surface area contributed by atoms with E-state index in [4.69, 9.17) is 5.26 Å². The van der Waals surface area contributed by atoms with Gasteiger partial charge in [0.2, 0.25) is 0 Å². The zero-order chi connectivity index (χ0) is 11.1. The molecule has 1 rings (SSSR count). The molecule has 15 heavy (non-hydrogen) atoms. The third-order valence-corrected chi connectivity index (χ3v) is 3.13. The predicted molar refractivity (Wildman–Crippen MR) is 70.3 cm³/mol. The summed E-state index contributed by atoms with van der Waals surface area (Å²) in [5.41, 5.74) is 1.61. The molecule has 1 N–H and O–H groups in total. The number of benzene rings is 1. The third kappa shape index (κ3) is 4.15. The molecule has 0 atom stereocenters. The third-order valence-electron chi connectivity index (χ3n) is 1.94. The number of halogens is 1. The molecule has 0 fully saturated rings. The van der Waals surface area contributed by atoms with Crippen molar-refractivity contribution in [1.82, 2.24) is 0 Å². The van der Waals surface area contributed by atoms with Crippen molar-refractivity contribution >= 4 is 33.4 Å². The summed E-state index contributed by atoms with van der Waals surface area (Å²) in [4.78, 5) is 0. The van der Waals surface area contributed by atoms with E-state index in [2.05, 4.69) is 33.6 Å². The van der Waals surface area contributed by atoms with Gasteiger partial charge in [-0.2, -0.15) is 17.0 Å². The van der Waals surface area contributed by atoms with E-state index in [9.17, 15) is 0 Å². The summed E-state index contributed by atoms with van der Waals surface area (Å²) in [6.45, 7) is 0.914. The first-order chi connectivity index (χ1) is 7.27. The fraction of sp³-hybridized carbons (Fsp3) is 0.364. The second kappa shape index (κ2) is 6.76. The number of thioether (sulfide) groups is 1. The Morgan fingerprint density at radius 2 is 2.33 bits per heavy atom. The molecule has 0 amide bonds. The van der Waals surface area contributed by atoms with E-state index in [-0.39, 0.29) is 0 Å². The summed E-state index contributed by atoms with van der Waals surface area (Å²) in [7, 11) is 0. The van der Waals surface area contributed by atoms with Crippen LogP contribution in [0, 0.1) is 11.3 Å². The van der Waals surface area contributed by atoms with Crippen molar-refractivity contribution in [2.24, 2.45) is 0 Å². The van der Waals surface area contributed by atoms with Crippen molar-refractivity contribution in [3.05, 3.63) is 28.2 Å². The Morgan fingerprint density at radius 1 is 1.53 bits per heavy atom. The van der Waals surface area contributed by atoms with Gasteiger partial charge >= 0.3 is 0 Å². The second-order valence-corrected chi connectivity index (χ2v) is 4.98. The molecule has 0 radical (unpaired) electrons. The van der Waals surface area contributed by atoms with Gasteiger partial charge in [0.15, 0.2) is 0 Å². The molecule has 0 aliphatic rings. The van der Waals surface area contributed by atoms with Crippen molar-refractivity contribution in [2.75, 3.05) is 23.9 Å². The first-order valence-corrected chi connectivity index (χ1v) is 6.89. The van der Waals surface area contributed by atoms with Crippen LogP contribution in [0.25, 0.3) is 0 Å². The van der Waals surface area contributed by atoms with Crippen molar-refractivity contribution in [1.29, 1.82) is 5.26 Å². The first kappa shape index (κ1) is 12.4. The molecule has 0 unspecified atom stereocenters. The number of anilines is 1. The van der Waals surface area contributed by atoms with Crippen LogP contribution in [0.4, 0.5) is 5.69 Å². The fourth-order valence-electron chi connectivity index (χ4n) is 1.20. The van der Waals surface area contributed by atoms with Crippen LogP contribution in [-0.4, -0.2) is 18.6 Å². The SMILES string of the molecule is CSCCCNc1ccc(Br)cc1C#N. The van der Waals surface area contributed by atoms with Crippen molar-refractivity contribution in [3.8, 4) is 6.07 Å². The fourth-order valence-corrected chi connectivity index (χ4v) is 2.00. The normalized spacial score (nSPS) is 9.67. The molecular formula is C11H13BrN2S. The first-order valence-electron chi connectivity index (χ1n) is 4.70. The highest BCUT2D eigenvalue weighted by atomic mass is 79.9. The monoisotopic (exact) mass is 284 g/mol. The average molecular weight is 285 g/mol. The topological polar surface area (TPSA) is 35.8 Å². The van der Waals surface area contributed by atoms with Gasteiger partial charge in [-0.25, -0.2) is 0 Å². The number of nitrogens with one attached hydrogen (secondary N) is 1. The minimum absolute atomic E-state index is 0.688. The van der Waals surface area contributed by atoms with E-state index < -0.39 is 0 Å². The Kier molecular flexibility index (Phi) is 5.59. The molecule has 4 heteroatoms. The van der Waals surface area contributed by atoms with Crippen LogP contribution in [-0.2, 0) is 0 Å². The summed E-state index contributed by atoms with van der Waals surface area (Å²) in [6, 6.07) is 7.88. The van der Waals surface area contributed by atoms with E-state index >= 15 is 0 Å². The lowest BCUT2D eigenvalue weighted by atomic mass is 10.2. The maximum Gasteiger partial charge on any atom is 0.101 e. The molecular weight excluding hydrogens is 272 g/mol. The van der Waals surface area contributed by atoms with Gasteiger partial charge in [-0.1, -0.05) is 15.9 Å². The summed E-state index contributed by atoms with van der Waals surface area (Å²) >= 11 is 5.18. The lowest BCUT2D eigenvalue weighted by molar-refractivity contribution is 0.992. The molecule has 0 aliphatic heterocycles. The Balaban J connectivity index is 2.57. The Hall–Kier alpha value is -0.660. The smallest absolute Gasteiger partial charge is 0.101 e. The minimum atomic E-state index is 0.688. The Bertz CT molecular complexity index is 360. The molecule has 1 aromatic rings. The maximum absolute atomic E-state index is 8.93. The molecule has 0 saturated carbocycles. The maximum atomic E-state index is 8.93. The van der Waals surface area contributed by atoms with Gasteiger partial charge in [0, 0.05) is 11.0 Å². The molecule has 0 spiro atoms. The van der Waals surface area contributed by atoms with Crippen LogP contribution in [0.2, 0.25) is 0 Å². The molecule has 0 heterocycles. The Morgan fingerprint density at radius 3 is 3.00 bits per heavy atom. The predicted octanol–water partition coefficient (Wildman–Crippen LogP) is 3.49. The van der Waals surface area contributed by atoms with Gasteiger partial charge in [-0.05, 0) is 36.6 Å². The molecule has 2 nitrogen and oxygen atoms in total. The zero-order valence-corrected chi connectivity index (χ0v) is 11.0. The molecule has 0 bridgehead atoms. The zero-order valence-electron chi connectivity index (χ0n) is 8.59. The Labute approximate surface area is 103 Å². The molecule has 80 valence electrons. The standard InChI is InChI=1S/C11H13BrN2S/c1-15-6-2-5-14-11-4-3-10(12)7-9(11)8-13/h3-4,7,14H,2,5-6H2,1H3. The van der Waals surface area contributed by atoms with Crippen LogP contribution in [0.1, 0.15) is 12.0 Å². The minimum Gasteiger partial charge on any atom is -0.384 e. The van der Waals surface area contributed by atoms with Crippen molar-refractivity contribution < 1.29 is 0 Å². The number of hydrogen-bond donors (Lipinski definition) is 1. The number of nitriles is 1. The van der Waals surface area contributed by atoms with Gasteiger partial charge in [0.05, 0.1) is 11.3 Å². The average Bonchev–Trinajstić information content (AvgIpc) is 2.26. The lowest BCUT2D eigenvalue weighted by Crippen LogP contribution is -2.04. The van der Waals surface area contributed by atoms with Gasteiger partial charge in [0.1, 0.15) is 6.07 Å². The largest absolute Gasteiger partial charge is 0.384 e. The van der Waals surface area contributed by atoms with E-state index in [0.29, 0.717) is 5.56 Å². The second-order valence-electron chi connectivity index (χ2n) is 3.07. The van der Waals surface area contributed by atoms with Gasteiger partial charge < -0.3 is 5.32 Å². The van der Waals surface area contributed by atoms with Gasteiger partial charge in [-0.3, -0.25) is 0 Å². The highest BCUT2D eigenvalue weighted by molar-refractivity contribution is 9.10. The highest BCUT2D eigenvalue weighted by Gasteiger charge is 2.01. The number of hydrogen-bond acceptors (Lipinski definition) is 3. The van der Waals surface area contributed by atoms with E-state index in [0.717, 1.165) is 28.9 Å². The van der Waals surface area contributed by atoms with E-state index in [1.165, 1.54) is 0 Å². The highest BCUT2D eigenvalue weighted by Crippen LogP contribution is 2.20. The molecule has 0 saturated heterocycles. The van der Waals surface area contributed by atoms with Crippen LogP contribution in [0.15, 0.2) is 22.7 Å². The van der Waals surface area contributed by atoms with E-state index in [1.54, 1.807) is 0 Å². The van der Waals surface area contributed by atoms with Gasteiger partial charge in [-0.15, -0.1) is 0 Å². The van der Waals surface area contributed by atoms with Crippen molar-refractivity contribution in [2.45, 2.75) is 6.42 Å². The summed E-state index contributed by atoms with van der Waals surface area (Å²) in [5.74, 6) is 1.14. The quantitative estimate of drug-likeness (QED) is 0.841. The van der Waals surface area contributed by atoms with E-state index in [1.807, 2.05) is 30.0 Å². The number of rotatable bonds is 5. The lowest BCUT2D eigenvalue weighted by Gasteiger charge is -2.07. The summed E-state index contributed by atoms with van der Waals surface area (Å²) in [6.07, 6.45) is 3.21. The summed E-state index contributed by atoms with van der Waals surface area (Å²) in [5, 5.41) is 12.2. The molecule has 0 aromatic heterocycles. The van der Waals surface area contributed by atoms with Crippen LogP contribution < -0.4 is 5.32 Å².